The number of rotatable bonds is 6. The summed E-state index contributed by atoms with van der Waals surface area (Å²) >= 11 is 0. The third-order valence-corrected chi connectivity index (χ3v) is 6.35. The van der Waals surface area contributed by atoms with Gasteiger partial charge in [0.1, 0.15) is 11.3 Å². The number of allylic oxidation sites excluding steroid dienone is 2. The van der Waals surface area contributed by atoms with E-state index in [4.69, 9.17) is 4.74 Å². The van der Waals surface area contributed by atoms with Crippen LogP contribution in [0.2, 0.25) is 0 Å². The third-order valence-electron chi connectivity index (χ3n) is 6.35. The minimum Gasteiger partial charge on any atom is -0.549 e. The summed E-state index contributed by atoms with van der Waals surface area (Å²) in [6, 6.07) is 13.9. The molecule has 0 saturated heterocycles. The van der Waals surface area contributed by atoms with Crippen molar-refractivity contribution in [2.24, 2.45) is 16.2 Å². The zero-order valence-electron chi connectivity index (χ0n) is 17.8. The highest BCUT2D eigenvalue weighted by Gasteiger charge is 2.83. The first-order valence-corrected chi connectivity index (χ1v) is 9.81. The molecule has 1 heterocycles. The molecule has 0 aliphatic heterocycles. The summed E-state index contributed by atoms with van der Waals surface area (Å²) in [4.78, 5) is 16.4. The average molecular weight is 483 g/mol. The summed E-state index contributed by atoms with van der Waals surface area (Å²) in [7, 11) is 0. The van der Waals surface area contributed by atoms with Gasteiger partial charge in [-0.1, -0.05) is 38.1 Å². The molecule has 1 saturated carbocycles. The predicted octanol–water partition coefficient (Wildman–Crippen LogP) is 4.75. The highest BCUT2D eigenvalue weighted by atomic mass is 19.4. The lowest BCUT2D eigenvalue weighted by atomic mass is 9.87. The Bertz CT molecular complexity index is 1150. The Kier molecular flexibility index (Phi) is 5.93. The van der Waals surface area contributed by atoms with Crippen LogP contribution in [0.5, 0.6) is 11.6 Å². The van der Waals surface area contributed by atoms with Crippen LogP contribution < -0.4 is 9.84 Å². The SMILES string of the molecule is CC1(C)C(C#N)(C=C(C(F)(F)F)C(F)(F)F)C1(Cc1cccc(Oc2ccccc2)n1)C(=O)[O-]. The Labute approximate surface area is 190 Å². The van der Waals surface area contributed by atoms with E-state index in [2.05, 4.69) is 4.98 Å². The number of halogens is 6. The Balaban J connectivity index is 2.08. The first kappa shape index (κ1) is 25.1. The Hall–Kier alpha value is -3.55. The number of nitriles is 1. The number of pyridine rings is 1. The lowest BCUT2D eigenvalue weighted by molar-refractivity contribution is -0.316. The number of para-hydroxylation sites is 1. The third kappa shape index (κ3) is 3.87. The van der Waals surface area contributed by atoms with Crippen molar-refractivity contribution in [3.63, 3.8) is 0 Å². The maximum atomic E-state index is 13.2. The van der Waals surface area contributed by atoms with E-state index in [0.717, 1.165) is 13.8 Å². The summed E-state index contributed by atoms with van der Waals surface area (Å²) < 4.78 is 84.8. The van der Waals surface area contributed by atoms with Crippen molar-refractivity contribution in [1.82, 2.24) is 4.98 Å². The number of alkyl halides is 6. The van der Waals surface area contributed by atoms with Crippen molar-refractivity contribution in [3.05, 3.63) is 65.9 Å². The summed E-state index contributed by atoms with van der Waals surface area (Å²) in [5, 5.41) is 21.9. The topological polar surface area (TPSA) is 86.0 Å². The van der Waals surface area contributed by atoms with Crippen molar-refractivity contribution in [2.75, 3.05) is 0 Å². The number of ether oxygens (including phenoxy) is 1. The highest BCUT2D eigenvalue weighted by Crippen LogP contribution is 2.80. The molecule has 1 aliphatic rings. The van der Waals surface area contributed by atoms with E-state index in [-0.39, 0.29) is 17.6 Å². The molecule has 0 spiro atoms. The monoisotopic (exact) mass is 483 g/mol. The zero-order chi connectivity index (χ0) is 25.6. The number of benzene rings is 1. The second kappa shape index (κ2) is 8.04. The summed E-state index contributed by atoms with van der Waals surface area (Å²) in [5.74, 6) is -1.56. The van der Waals surface area contributed by atoms with Gasteiger partial charge in [0.05, 0.1) is 17.5 Å². The molecular weight excluding hydrogens is 466 g/mol. The van der Waals surface area contributed by atoms with E-state index in [9.17, 15) is 41.5 Å². The van der Waals surface area contributed by atoms with Gasteiger partial charge in [-0.2, -0.15) is 31.6 Å². The number of carboxylic acids is 1. The standard InChI is InChI=1S/C23H18F6N2O3/c1-19(2)20(13-30,12-16(22(24,25)26)23(27,28)29)21(19,18(32)33)11-14-7-6-10-17(31-14)34-15-8-4-3-5-9-15/h3-10,12H,11H2,1-2H3,(H,32,33)/p-1. The number of aliphatic carboxylic acids is 1. The van der Waals surface area contributed by atoms with Crippen molar-refractivity contribution >= 4 is 5.97 Å². The Morgan fingerprint density at radius 1 is 1.06 bits per heavy atom. The van der Waals surface area contributed by atoms with E-state index >= 15 is 0 Å². The molecule has 2 unspecified atom stereocenters. The molecule has 1 aromatic carbocycles. The molecule has 11 heteroatoms. The maximum Gasteiger partial charge on any atom is 0.421 e. The van der Waals surface area contributed by atoms with Gasteiger partial charge >= 0.3 is 12.4 Å². The molecule has 1 fully saturated rings. The smallest absolute Gasteiger partial charge is 0.421 e. The lowest BCUT2D eigenvalue weighted by Crippen LogP contribution is -2.39. The van der Waals surface area contributed by atoms with Gasteiger partial charge in [0.2, 0.25) is 5.88 Å². The number of carboxylic acid groups (broad SMARTS) is 1. The van der Waals surface area contributed by atoms with E-state index in [1.165, 1.54) is 24.3 Å². The van der Waals surface area contributed by atoms with E-state index in [1.54, 1.807) is 30.3 Å². The summed E-state index contributed by atoms with van der Waals surface area (Å²) in [5.41, 5.74) is -9.91. The van der Waals surface area contributed by atoms with Gasteiger partial charge in [-0.3, -0.25) is 0 Å². The molecule has 0 radical (unpaired) electrons. The molecule has 5 nitrogen and oxygen atoms in total. The van der Waals surface area contributed by atoms with Crippen LogP contribution in [-0.4, -0.2) is 23.3 Å². The largest absolute Gasteiger partial charge is 0.549 e. The molecule has 1 aliphatic carbocycles. The molecule has 2 atom stereocenters. The molecule has 0 amide bonds. The number of carbonyl (C=O) groups is 1. The van der Waals surface area contributed by atoms with Gasteiger partial charge in [-0.05, 0) is 24.3 Å². The highest BCUT2D eigenvalue weighted by molar-refractivity contribution is 5.84. The van der Waals surface area contributed by atoms with Crippen LogP contribution in [0.4, 0.5) is 26.3 Å². The zero-order valence-corrected chi connectivity index (χ0v) is 17.8. The Morgan fingerprint density at radius 2 is 1.65 bits per heavy atom. The minimum absolute atomic E-state index is 0.0139. The molecule has 2 aromatic rings. The van der Waals surface area contributed by atoms with Gasteiger partial charge in [0.15, 0.2) is 0 Å². The van der Waals surface area contributed by atoms with Crippen LogP contribution in [0.3, 0.4) is 0 Å². The van der Waals surface area contributed by atoms with Crippen LogP contribution in [0.1, 0.15) is 19.5 Å². The van der Waals surface area contributed by atoms with E-state index in [0.29, 0.717) is 5.75 Å². The summed E-state index contributed by atoms with van der Waals surface area (Å²) in [6.07, 6.45) is -12.7. The van der Waals surface area contributed by atoms with Crippen LogP contribution >= 0.6 is 0 Å². The lowest BCUT2D eigenvalue weighted by Gasteiger charge is -2.23. The van der Waals surface area contributed by atoms with E-state index < -0.39 is 46.6 Å². The number of nitrogens with zero attached hydrogens (tertiary/aromatic N) is 2. The molecule has 3 rings (SSSR count). The molecule has 180 valence electrons. The van der Waals surface area contributed by atoms with Crippen LogP contribution in [-0.2, 0) is 11.2 Å². The average Bonchev–Trinajstić information content (AvgIpc) is 3.14. The Morgan fingerprint density at radius 3 is 2.15 bits per heavy atom. The van der Waals surface area contributed by atoms with Crippen LogP contribution in [0.15, 0.2) is 60.2 Å². The van der Waals surface area contributed by atoms with Gasteiger partial charge in [0, 0.05) is 29.0 Å². The molecule has 34 heavy (non-hydrogen) atoms. The second-order valence-corrected chi connectivity index (χ2v) is 8.35. The molecule has 0 bridgehead atoms. The van der Waals surface area contributed by atoms with Crippen molar-refractivity contribution in [1.29, 1.82) is 5.26 Å². The van der Waals surface area contributed by atoms with Gasteiger partial charge in [-0.15, -0.1) is 0 Å². The van der Waals surface area contributed by atoms with Gasteiger partial charge in [0.25, 0.3) is 0 Å². The van der Waals surface area contributed by atoms with Crippen LogP contribution in [0.25, 0.3) is 0 Å². The predicted molar refractivity (Wildman–Crippen MR) is 104 cm³/mol. The van der Waals surface area contributed by atoms with Gasteiger partial charge < -0.3 is 14.6 Å². The van der Waals surface area contributed by atoms with Crippen molar-refractivity contribution in [2.45, 2.75) is 32.6 Å². The number of aromatic nitrogens is 1. The molecule has 1 aromatic heterocycles. The van der Waals surface area contributed by atoms with E-state index in [1.807, 2.05) is 0 Å². The summed E-state index contributed by atoms with van der Waals surface area (Å²) in [6.45, 7) is 2.22. The second-order valence-electron chi connectivity index (χ2n) is 8.35. The molecule has 0 N–H and O–H groups in total. The van der Waals surface area contributed by atoms with Crippen molar-refractivity contribution in [3.8, 4) is 17.7 Å². The van der Waals surface area contributed by atoms with Gasteiger partial charge in [-0.25, -0.2) is 4.98 Å². The fourth-order valence-electron chi connectivity index (χ4n) is 4.46. The minimum atomic E-state index is -5.86. The normalized spacial score (nSPS) is 23.5. The fraction of sp³-hybridized carbons (Fsp3) is 0.348. The quantitative estimate of drug-likeness (QED) is 0.437. The first-order valence-electron chi connectivity index (χ1n) is 9.81. The number of carbonyl (C=O) groups excluding carboxylic acids is 1. The molecular formula is C23H17F6N2O3-. The number of hydrogen-bond acceptors (Lipinski definition) is 5. The maximum absolute atomic E-state index is 13.2. The van der Waals surface area contributed by atoms with Crippen molar-refractivity contribution < 1.29 is 41.0 Å². The number of hydrogen-bond donors (Lipinski definition) is 0. The van der Waals surface area contributed by atoms with Crippen LogP contribution in [0, 0.1) is 27.6 Å². The fourth-order valence-corrected chi connectivity index (χ4v) is 4.46. The first-order chi connectivity index (χ1) is 15.6.